The largest absolute Gasteiger partial charge is 0.376 e. The molecule has 0 aliphatic carbocycles. The van der Waals surface area contributed by atoms with Crippen LogP contribution in [0.5, 0.6) is 0 Å². The highest BCUT2D eigenvalue weighted by Gasteiger charge is 2.21. The second-order valence-electron chi connectivity index (χ2n) is 4.03. The standard InChI is InChI=1S/C14H10N2O/c15-9-13-8-14(16-17-13)12-6-5-10-3-1-2-4-11(10)7-12/h1-7,13H,8H2. The van der Waals surface area contributed by atoms with Gasteiger partial charge in [-0.2, -0.15) is 5.26 Å². The third kappa shape index (κ3) is 1.74. The fourth-order valence-electron chi connectivity index (χ4n) is 1.99. The summed E-state index contributed by atoms with van der Waals surface area (Å²) in [7, 11) is 0. The quantitative estimate of drug-likeness (QED) is 0.744. The van der Waals surface area contributed by atoms with Crippen LogP contribution in [0, 0.1) is 11.3 Å². The first-order chi connectivity index (χ1) is 8.36. The van der Waals surface area contributed by atoms with E-state index in [1.165, 1.54) is 10.8 Å². The van der Waals surface area contributed by atoms with E-state index in [0.29, 0.717) is 6.42 Å². The highest BCUT2D eigenvalue weighted by atomic mass is 16.6. The number of rotatable bonds is 1. The molecule has 1 aliphatic rings. The molecule has 1 heterocycles. The van der Waals surface area contributed by atoms with Crippen molar-refractivity contribution in [3.8, 4) is 6.07 Å². The molecule has 0 fully saturated rings. The predicted octanol–water partition coefficient (Wildman–Crippen LogP) is 2.86. The van der Waals surface area contributed by atoms with Crippen LogP contribution in [0.1, 0.15) is 12.0 Å². The lowest BCUT2D eigenvalue weighted by atomic mass is 10.0. The van der Waals surface area contributed by atoms with E-state index in [1.807, 2.05) is 18.2 Å². The minimum Gasteiger partial charge on any atom is -0.376 e. The van der Waals surface area contributed by atoms with Gasteiger partial charge < -0.3 is 4.84 Å². The topological polar surface area (TPSA) is 45.4 Å². The van der Waals surface area contributed by atoms with Gasteiger partial charge in [-0.15, -0.1) is 0 Å². The number of benzene rings is 2. The molecule has 0 spiro atoms. The maximum atomic E-state index is 8.75. The fraction of sp³-hybridized carbons (Fsp3) is 0.143. The summed E-state index contributed by atoms with van der Waals surface area (Å²) in [6.07, 6.45) is 0.131. The number of oxime groups is 1. The van der Waals surface area contributed by atoms with E-state index < -0.39 is 6.10 Å². The Balaban J connectivity index is 2.00. The number of hydrogen-bond acceptors (Lipinski definition) is 3. The first kappa shape index (κ1) is 9.86. The van der Waals surface area contributed by atoms with E-state index >= 15 is 0 Å². The third-order valence-electron chi connectivity index (χ3n) is 2.90. The molecule has 2 aromatic carbocycles. The summed E-state index contributed by atoms with van der Waals surface area (Å²) in [4.78, 5) is 5.01. The first-order valence-corrected chi connectivity index (χ1v) is 5.48. The van der Waals surface area contributed by atoms with Crippen LogP contribution in [0.15, 0.2) is 47.6 Å². The van der Waals surface area contributed by atoms with Crippen molar-refractivity contribution < 1.29 is 4.84 Å². The van der Waals surface area contributed by atoms with Crippen LogP contribution < -0.4 is 0 Å². The Kier molecular flexibility index (Phi) is 2.27. The zero-order valence-electron chi connectivity index (χ0n) is 9.13. The molecule has 0 saturated heterocycles. The van der Waals surface area contributed by atoms with Gasteiger partial charge in [-0.05, 0) is 16.8 Å². The summed E-state index contributed by atoms with van der Waals surface area (Å²) in [5.74, 6) is 0. The van der Waals surface area contributed by atoms with E-state index in [9.17, 15) is 0 Å². The van der Waals surface area contributed by atoms with Crippen LogP contribution in [0.4, 0.5) is 0 Å². The molecule has 1 unspecified atom stereocenters. The maximum Gasteiger partial charge on any atom is 0.218 e. The van der Waals surface area contributed by atoms with Crippen LogP contribution in [-0.2, 0) is 4.84 Å². The molecule has 17 heavy (non-hydrogen) atoms. The molecular formula is C14H10N2O. The summed E-state index contributed by atoms with van der Waals surface area (Å²) in [6, 6.07) is 16.4. The molecule has 82 valence electrons. The third-order valence-corrected chi connectivity index (χ3v) is 2.90. The zero-order chi connectivity index (χ0) is 11.7. The molecule has 3 rings (SSSR count). The molecule has 2 aromatic rings. The van der Waals surface area contributed by atoms with Crippen molar-refractivity contribution >= 4 is 16.5 Å². The molecule has 0 bridgehead atoms. The predicted molar refractivity (Wildman–Crippen MR) is 65.6 cm³/mol. The Morgan fingerprint density at radius 1 is 1.18 bits per heavy atom. The average Bonchev–Trinajstić information content (AvgIpc) is 2.87. The molecule has 0 radical (unpaired) electrons. The lowest BCUT2D eigenvalue weighted by Gasteiger charge is -2.01. The first-order valence-electron chi connectivity index (χ1n) is 5.48. The highest BCUT2D eigenvalue weighted by molar-refractivity contribution is 6.04. The van der Waals surface area contributed by atoms with Gasteiger partial charge in [0.25, 0.3) is 0 Å². The van der Waals surface area contributed by atoms with Gasteiger partial charge in [0.1, 0.15) is 6.07 Å². The molecule has 0 amide bonds. The minimum atomic E-state index is -0.434. The van der Waals surface area contributed by atoms with Crippen molar-refractivity contribution in [3.63, 3.8) is 0 Å². The van der Waals surface area contributed by atoms with Crippen LogP contribution in [0.25, 0.3) is 10.8 Å². The van der Waals surface area contributed by atoms with Crippen LogP contribution >= 0.6 is 0 Å². The second-order valence-corrected chi connectivity index (χ2v) is 4.03. The Morgan fingerprint density at radius 3 is 2.76 bits per heavy atom. The molecule has 0 saturated carbocycles. The summed E-state index contributed by atoms with van der Waals surface area (Å²) in [5, 5.41) is 15.1. The molecule has 0 aromatic heterocycles. The monoisotopic (exact) mass is 222 g/mol. The molecule has 3 heteroatoms. The average molecular weight is 222 g/mol. The fourth-order valence-corrected chi connectivity index (χ4v) is 1.99. The number of fused-ring (bicyclic) bond motifs is 1. The van der Waals surface area contributed by atoms with Gasteiger partial charge in [0.05, 0.1) is 5.71 Å². The second kappa shape index (κ2) is 3.91. The molecular weight excluding hydrogens is 212 g/mol. The van der Waals surface area contributed by atoms with Crippen molar-refractivity contribution in [3.05, 3.63) is 48.0 Å². The van der Waals surface area contributed by atoms with Crippen LogP contribution in [0.2, 0.25) is 0 Å². The normalized spacial score (nSPS) is 18.5. The summed E-state index contributed by atoms with van der Waals surface area (Å²) < 4.78 is 0. The maximum absolute atomic E-state index is 8.75. The van der Waals surface area contributed by atoms with Gasteiger partial charge in [0, 0.05) is 12.0 Å². The molecule has 0 N–H and O–H groups in total. The smallest absolute Gasteiger partial charge is 0.218 e. The van der Waals surface area contributed by atoms with E-state index in [1.54, 1.807) is 0 Å². The Labute approximate surface area is 98.9 Å². The lowest BCUT2D eigenvalue weighted by molar-refractivity contribution is 0.125. The Bertz CT molecular complexity index is 640. The van der Waals surface area contributed by atoms with Crippen molar-refractivity contribution in [2.24, 2.45) is 5.16 Å². The van der Waals surface area contributed by atoms with Crippen molar-refractivity contribution in [1.29, 1.82) is 5.26 Å². The van der Waals surface area contributed by atoms with Gasteiger partial charge in [0.2, 0.25) is 6.10 Å². The van der Waals surface area contributed by atoms with Crippen molar-refractivity contribution in [2.75, 3.05) is 0 Å². The Hall–Kier alpha value is -2.34. The van der Waals surface area contributed by atoms with Crippen LogP contribution in [0.3, 0.4) is 0 Å². The molecule has 3 nitrogen and oxygen atoms in total. The van der Waals surface area contributed by atoms with E-state index in [0.717, 1.165) is 11.3 Å². The lowest BCUT2D eigenvalue weighted by Crippen LogP contribution is -2.04. The highest BCUT2D eigenvalue weighted by Crippen LogP contribution is 2.20. The SMILES string of the molecule is N#CC1CC(c2ccc3ccccc3c2)=NO1. The van der Waals surface area contributed by atoms with E-state index in [-0.39, 0.29) is 0 Å². The minimum absolute atomic E-state index is 0.434. The summed E-state index contributed by atoms with van der Waals surface area (Å²) in [6.45, 7) is 0. The number of nitrogens with zero attached hydrogens (tertiary/aromatic N) is 2. The molecule has 1 aliphatic heterocycles. The zero-order valence-corrected chi connectivity index (χ0v) is 9.13. The Morgan fingerprint density at radius 2 is 2.00 bits per heavy atom. The number of nitriles is 1. The van der Waals surface area contributed by atoms with Gasteiger partial charge in [-0.25, -0.2) is 0 Å². The van der Waals surface area contributed by atoms with Crippen molar-refractivity contribution in [2.45, 2.75) is 12.5 Å². The van der Waals surface area contributed by atoms with Crippen LogP contribution in [-0.4, -0.2) is 11.8 Å². The van der Waals surface area contributed by atoms with Gasteiger partial charge in [-0.3, -0.25) is 0 Å². The van der Waals surface area contributed by atoms with Crippen molar-refractivity contribution in [1.82, 2.24) is 0 Å². The van der Waals surface area contributed by atoms with E-state index in [4.69, 9.17) is 10.1 Å². The van der Waals surface area contributed by atoms with Gasteiger partial charge >= 0.3 is 0 Å². The number of hydrogen-bond donors (Lipinski definition) is 0. The van der Waals surface area contributed by atoms with E-state index in [2.05, 4.69) is 35.5 Å². The summed E-state index contributed by atoms with van der Waals surface area (Å²) in [5.41, 5.74) is 1.88. The molecule has 1 atom stereocenters. The summed E-state index contributed by atoms with van der Waals surface area (Å²) >= 11 is 0. The van der Waals surface area contributed by atoms with Gasteiger partial charge in [0.15, 0.2) is 0 Å². The van der Waals surface area contributed by atoms with Gasteiger partial charge in [-0.1, -0.05) is 41.6 Å².